The largest absolute Gasteiger partial charge is 0.484 e. The van der Waals surface area contributed by atoms with Gasteiger partial charge in [-0.15, -0.1) is 0 Å². The van der Waals surface area contributed by atoms with E-state index in [4.69, 9.17) is 9.47 Å². The van der Waals surface area contributed by atoms with Gasteiger partial charge >= 0.3 is 5.69 Å². The number of para-hydroxylation sites is 1. The van der Waals surface area contributed by atoms with Gasteiger partial charge < -0.3 is 14.8 Å². The lowest BCUT2D eigenvalue weighted by Gasteiger charge is -2.11. The summed E-state index contributed by atoms with van der Waals surface area (Å²) in [7, 11) is 0. The predicted molar refractivity (Wildman–Crippen MR) is 83.1 cm³/mol. The van der Waals surface area contributed by atoms with E-state index in [0.29, 0.717) is 32.1 Å². The fraction of sp³-hybridized carbons (Fsp3) is 0.600. The van der Waals surface area contributed by atoms with Crippen LogP contribution in [0.15, 0.2) is 18.2 Å². The lowest BCUT2D eigenvalue weighted by molar-refractivity contribution is -0.385. The highest BCUT2D eigenvalue weighted by molar-refractivity contribution is 5.68. The van der Waals surface area contributed by atoms with Gasteiger partial charge in [0.1, 0.15) is 12.3 Å². The van der Waals surface area contributed by atoms with Crippen LogP contribution in [0.2, 0.25) is 0 Å². The highest BCUT2D eigenvalue weighted by Crippen LogP contribution is 2.34. The topological polar surface area (TPSA) is 73.6 Å². The van der Waals surface area contributed by atoms with Crippen molar-refractivity contribution >= 4 is 11.4 Å². The molecule has 6 nitrogen and oxygen atoms in total. The van der Waals surface area contributed by atoms with E-state index in [-0.39, 0.29) is 11.4 Å². The molecule has 0 aliphatic heterocycles. The molecule has 0 spiro atoms. The zero-order valence-electron chi connectivity index (χ0n) is 12.8. The van der Waals surface area contributed by atoms with Gasteiger partial charge in [-0.1, -0.05) is 26.3 Å². The Morgan fingerprint density at radius 1 is 1.19 bits per heavy atom. The molecule has 0 fully saturated rings. The third kappa shape index (κ3) is 5.99. The highest BCUT2D eigenvalue weighted by Gasteiger charge is 2.20. The number of ether oxygens (including phenoxy) is 2. The van der Waals surface area contributed by atoms with Crippen molar-refractivity contribution < 1.29 is 14.4 Å². The summed E-state index contributed by atoms with van der Waals surface area (Å²) in [6.07, 6.45) is 2.99. The fourth-order valence-electron chi connectivity index (χ4n) is 1.79. The molecule has 1 aromatic carbocycles. The third-order valence-corrected chi connectivity index (χ3v) is 2.87. The molecule has 0 aliphatic rings. The molecule has 1 aromatic rings. The van der Waals surface area contributed by atoms with Crippen molar-refractivity contribution in [1.82, 2.24) is 0 Å². The highest BCUT2D eigenvalue weighted by atomic mass is 16.6. The molecule has 21 heavy (non-hydrogen) atoms. The average Bonchev–Trinajstić information content (AvgIpc) is 2.48. The molecule has 0 bridgehead atoms. The minimum Gasteiger partial charge on any atom is -0.484 e. The lowest BCUT2D eigenvalue weighted by atomic mass is 10.2. The first-order valence-electron chi connectivity index (χ1n) is 7.42. The molecule has 0 atom stereocenters. The molecule has 6 heteroatoms. The van der Waals surface area contributed by atoms with Crippen LogP contribution in [0, 0.1) is 10.1 Å². The molecule has 0 unspecified atom stereocenters. The molecule has 1 N–H and O–H groups in total. The van der Waals surface area contributed by atoms with Crippen LogP contribution in [0.5, 0.6) is 5.75 Å². The number of rotatable bonds is 11. The van der Waals surface area contributed by atoms with Crippen molar-refractivity contribution in [3.8, 4) is 5.75 Å². The lowest BCUT2D eigenvalue weighted by Crippen LogP contribution is -2.10. The quantitative estimate of drug-likeness (QED) is 0.383. The van der Waals surface area contributed by atoms with E-state index in [1.165, 1.54) is 0 Å². The second kappa shape index (κ2) is 9.99. The average molecular weight is 296 g/mol. The summed E-state index contributed by atoms with van der Waals surface area (Å²) >= 11 is 0. The van der Waals surface area contributed by atoms with E-state index in [0.717, 1.165) is 19.3 Å². The Morgan fingerprint density at radius 3 is 2.67 bits per heavy atom. The molecule has 0 aliphatic carbocycles. The van der Waals surface area contributed by atoms with Crippen molar-refractivity contribution in [2.45, 2.75) is 33.1 Å². The number of nitro benzene ring substituents is 1. The SMILES string of the molecule is CCCCOCCOc1cccc(NCCC)c1[N+](=O)[O-]. The summed E-state index contributed by atoms with van der Waals surface area (Å²) in [5.74, 6) is 0.278. The Hall–Kier alpha value is -1.82. The standard InChI is InChI=1S/C15H24N2O4/c1-3-5-10-20-11-12-21-14-8-6-7-13(16-9-4-2)15(14)17(18)19/h6-8,16H,3-5,9-12H2,1-2H3. The van der Waals surface area contributed by atoms with E-state index in [9.17, 15) is 10.1 Å². The van der Waals surface area contributed by atoms with E-state index >= 15 is 0 Å². The van der Waals surface area contributed by atoms with Gasteiger partial charge in [-0.25, -0.2) is 0 Å². The van der Waals surface area contributed by atoms with E-state index < -0.39 is 4.92 Å². The van der Waals surface area contributed by atoms with Crippen LogP contribution >= 0.6 is 0 Å². The number of hydrogen-bond donors (Lipinski definition) is 1. The van der Waals surface area contributed by atoms with Gasteiger partial charge in [-0.05, 0) is 25.0 Å². The molecule has 0 radical (unpaired) electrons. The zero-order valence-corrected chi connectivity index (χ0v) is 12.8. The van der Waals surface area contributed by atoms with E-state index in [1.807, 2.05) is 6.92 Å². The maximum absolute atomic E-state index is 11.2. The molecule has 0 saturated heterocycles. The van der Waals surface area contributed by atoms with Crippen molar-refractivity contribution in [2.75, 3.05) is 31.7 Å². The Kier molecular flexibility index (Phi) is 8.19. The Labute approximate surface area is 125 Å². The van der Waals surface area contributed by atoms with Crippen LogP contribution in [0.1, 0.15) is 33.1 Å². The number of anilines is 1. The van der Waals surface area contributed by atoms with Gasteiger partial charge in [0.25, 0.3) is 0 Å². The number of benzene rings is 1. The third-order valence-electron chi connectivity index (χ3n) is 2.87. The summed E-state index contributed by atoms with van der Waals surface area (Å²) in [5.41, 5.74) is 0.478. The van der Waals surface area contributed by atoms with Gasteiger partial charge in [-0.3, -0.25) is 10.1 Å². The number of hydrogen-bond acceptors (Lipinski definition) is 5. The molecule has 0 saturated carbocycles. The van der Waals surface area contributed by atoms with Crippen molar-refractivity contribution in [1.29, 1.82) is 0 Å². The van der Waals surface area contributed by atoms with E-state index in [2.05, 4.69) is 12.2 Å². The number of nitro groups is 1. The molecule has 118 valence electrons. The molecule has 1 rings (SSSR count). The van der Waals surface area contributed by atoms with Crippen LogP contribution in [0.4, 0.5) is 11.4 Å². The fourth-order valence-corrected chi connectivity index (χ4v) is 1.79. The maximum atomic E-state index is 11.2. The van der Waals surface area contributed by atoms with Crippen LogP contribution in [-0.2, 0) is 4.74 Å². The maximum Gasteiger partial charge on any atom is 0.333 e. The monoisotopic (exact) mass is 296 g/mol. The first-order chi connectivity index (χ1) is 10.2. The van der Waals surface area contributed by atoms with Crippen LogP contribution in [-0.4, -0.2) is 31.3 Å². The second-order valence-corrected chi connectivity index (χ2v) is 4.65. The molecular weight excluding hydrogens is 272 g/mol. The van der Waals surface area contributed by atoms with Crippen molar-refractivity contribution in [3.63, 3.8) is 0 Å². The molecule has 0 aromatic heterocycles. The summed E-state index contributed by atoms with van der Waals surface area (Å²) in [6.45, 7) is 6.22. The summed E-state index contributed by atoms with van der Waals surface area (Å²) in [4.78, 5) is 10.8. The normalized spacial score (nSPS) is 10.4. The Balaban J connectivity index is 2.61. The number of unbranched alkanes of at least 4 members (excludes halogenated alkanes) is 1. The summed E-state index contributed by atoms with van der Waals surface area (Å²) in [6, 6.07) is 5.05. The predicted octanol–water partition coefficient (Wildman–Crippen LogP) is 3.61. The second-order valence-electron chi connectivity index (χ2n) is 4.65. The minimum atomic E-state index is -0.411. The summed E-state index contributed by atoms with van der Waals surface area (Å²) in [5, 5.41) is 14.3. The van der Waals surface area contributed by atoms with E-state index in [1.54, 1.807) is 18.2 Å². The Bertz CT molecular complexity index is 438. The zero-order chi connectivity index (χ0) is 15.5. The number of nitrogens with one attached hydrogen (secondary N) is 1. The minimum absolute atomic E-state index is 0.0143. The van der Waals surface area contributed by atoms with Gasteiger partial charge in [0.15, 0.2) is 5.75 Å². The molecular formula is C15H24N2O4. The van der Waals surface area contributed by atoms with Gasteiger partial charge in [0.2, 0.25) is 0 Å². The van der Waals surface area contributed by atoms with Crippen LogP contribution in [0.3, 0.4) is 0 Å². The Morgan fingerprint density at radius 2 is 2.00 bits per heavy atom. The van der Waals surface area contributed by atoms with Crippen LogP contribution < -0.4 is 10.1 Å². The van der Waals surface area contributed by atoms with Gasteiger partial charge in [-0.2, -0.15) is 0 Å². The van der Waals surface area contributed by atoms with Gasteiger partial charge in [0, 0.05) is 13.2 Å². The van der Waals surface area contributed by atoms with Crippen molar-refractivity contribution in [3.05, 3.63) is 28.3 Å². The molecule has 0 amide bonds. The van der Waals surface area contributed by atoms with Crippen LogP contribution in [0.25, 0.3) is 0 Å². The first-order valence-corrected chi connectivity index (χ1v) is 7.42. The van der Waals surface area contributed by atoms with Crippen molar-refractivity contribution in [2.24, 2.45) is 0 Å². The first kappa shape index (κ1) is 17.2. The molecule has 0 heterocycles. The smallest absolute Gasteiger partial charge is 0.333 e. The van der Waals surface area contributed by atoms with Gasteiger partial charge in [0.05, 0.1) is 11.5 Å². The summed E-state index contributed by atoms with van der Waals surface area (Å²) < 4.78 is 10.9. The number of nitrogens with zero attached hydrogens (tertiary/aromatic N) is 1.